The molecule has 0 bridgehead atoms. The number of H-pyrrole nitrogens is 2. The molecule has 3 N–H and O–H groups in total. The number of aryl methyl sites for hydroxylation is 12. The topological polar surface area (TPSA) is 149 Å². The number of benzene rings is 6. The number of hydrogen-bond acceptors (Lipinski definition) is 10. The third-order valence-corrected chi connectivity index (χ3v) is 18.8. The summed E-state index contributed by atoms with van der Waals surface area (Å²) in [7, 11) is 0. The Labute approximate surface area is 666 Å². The summed E-state index contributed by atoms with van der Waals surface area (Å²) in [6, 6.07) is 48.2. The summed E-state index contributed by atoms with van der Waals surface area (Å²) in [6.45, 7) is 38.1. The number of pyridine rings is 4. The van der Waals surface area contributed by atoms with E-state index in [0.717, 1.165) is 140 Å². The van der Waals surface area contributed by atoms with Crippen molar-refractivity contribution < 1.29 is 45.7 Å². The first kappa shape index (κ1) is 91.2. The highest BCUT2D eigenvalue weighted by atomic mass is 19.2. The highest BCUT2D eigenvalue weighted by Crippen LogP contribution is 2.24. The minimum atomic E-state index is -0.693. The summed E-state index contributed by atoms with van der Waals surface area (Å²) in [5.74, 6) is 0.290. The largest absolute Gasteiger partial charge is 0.481 e. The molecular formula is C94H115F6N9O4. The third kappa shape index (κ3) is 32.9. The van der Waals surface area contributed by atoms with Crippen LogP contribution in [-0.4, -0.2) is 107 Å². The highest BCUT2D eigenvalue weighted by Gasteiger charge is 2.15. The number of morpholine rings is 2. The molecule has 6 aromatic heterocycles. The Balaban J connectivity index is 0.000000197. The summed E-state index contributed by atoms with van der Waals surface area (Å²) in [6.07, 6.45) is 17.7. The second-order valence-electron chi connectivity index (χ2n) is 28.1. The van der Waals surface area contributed by atoms with Crippen LogP contribution in [0.15, 0.2) is 195 Å². The van der Waals surface area contributed by atoms with Gasteiger partial charge in [0.2, 0.25) is 0 Å². The van der Waals surface area contributed by atoms with E-state index in [9.17, 15) is 31.1 Å². The number of nitrogens with zero attached hydrogens (tertiary/aromatic N) is 7. The average molecular weight is 1550 g/mol. The molecule has 3 aliphatic rings. The summed E-state index contributed by atoms with van der Waals surface area (Å²) in [5, 5.41) is 10.0. The van der Waals surface area contributed by atoms with Gasteiger partial charge in [0.15, 0.2) is 0 Å². The number of hydrogen-bond donors (Lipinski definition) is 3. The number of anilines is 3. The molecule has 0 amide bonds. The van der Waals surface area contributed by atoms with Crippen molar-refractivity contribution in [2.75, 3.05) is 80.4 Å². The fraction of sp³-hybridized carbons (Fsp3) is 0.351. The van der Waals surface area contributed by atoms with Gasteiger partial charge in [-0.05, 0) is 285 Å². The van der Waals surface area contributed by atoms with Gasteiger partial charge in [-0.1, -0.05) is 82.1 Å². The summed E-state index contributed by atoms with van der Waals surface area (Å²) < 4.78 is 85.7. The SMILES string of the molecule is CCCCC(=O)O.CCc1c[nH]c2ccc(F)cc12.CCc1cc(F)cc(F)c1.CCc1ccc(F)cc1F.Cc1c[nH]c2ccc(F)cc12.Cc1cc(C)nc(N2CCOCC2)c1.Cc1cccc(-c2cc(C)ccn2)c1.Cc1cccc(C)c1C.Cc1ccnc(N2CCCCC2)c1.Cc1ccnc(N2CCOCC2)c1. The van der Waals surface area contributed by atoms with Gasteiger partial charge in [0.1, 0.15) is 52.4 Å². The number of rotatable bonds is 10. The molecule has 12 aromatic rings. The smallest absolute Gasteiger partial charge is 0.303 e. The Morgan fingerprint density at radius 3 is 1.42 bits per heavy atom. The molecule has 13 nitrogen and oxygen atoms in total. The van der Waals surface area contributed by atoms with E-state index in [1.54, 1.807) is 24.3 Å². The van der Waals surface area contributed by atoms with Crippen molar-refractivity contribution in [1.29, 1.82) is 0 Å². The fourth-order valence-corrected chi connectivity index (χ4v) is 12.1. The molecule has 0 aliphatic carbocycles. The Hall–Kier alpha value is -10.6. The predicted octanol–water partition coefficient (Wildman–Crippen LogP) is 22.9. The number of ether oxygens (including phenoxy) is 2. The number of halogens is 6. The van der Waals surface area contributed by atoms with E-state index in [4.69, 9.17) is 14.6 Å². The quantitative estimate of drug-likeness (QED) is 0.112. The first-order chi connectivity index (χ1) is 54.2. The zero-order chi connectivity index (χ0) is 82.2. The zero-order valence-corrected chi connectivity index (χ0v) is 68.5. The van der Waals surface area contributed by atoms with Crippen LogP contribution in [0.2, 0.25) is 0 Å². The molecule has 3 aliphatic heterocycles. The number of piperidine rings is 1. The maximum atomic E-state index is 12.8. The van der Waals surface area contributed by atoms with E-state index in [1.807, 2.05) is 83.8 Å². The van der Waals surface area contributed by atoms with Crippen molar-refractivity contribution in [3.8, 4) is 11.3 Å². The normalized spacial score (nSPS) is 12.7. The van der Waals surface area contributed by atoms with Crippen molar-refractivity contribution >= 4 is 45.2 Å². The lowest BCUT2D eigenvalue weighted by molar-refractivity contribution is -0.137. The Kier molecular flexibility index (Phi) is 39.6. The Morgan fingerprint density at radius 2 is 0.920 bits per heavy atom. The van der Waals surface area contributed by atoms with E-state index in [-0.39, 0.29) is 11.6 Å². The van der Waals surface area contributed by atoms with Crippen molar-refractivity contribution in [3.63, 3.8) is 0 Å². The van der Waals surface area contributed by atoms with E-state index in [1.165, 1.54) is 124 Å². The van der Waals surface area contributed by atoms with Crippen LogP contribution in [0.4, 0.5) is 43.8 Å². The van der Waals surface area contributed by atoms with Crippen LogP contribution in [0.5, 0.6) is 0 Å². The van der Waals surface area contributed by atoms with E-state index in [0.29, 0.717) is 30.4 Å². The van der Waals surface area contributed by atoms with Gasteiger partial charge in [-0.3, -0.25) is 9.78 Å². The first-order valence-electron chi connectivity index (χ1n) is 39.1. The molecular weight excluding hydrogens is 1430 g/mol. The van der Waals surface area contributed by atoms with Gasteiger partial charge in [-0.25, -0.2) is 41.3 Å². The van der Waals surface area contributed by atoms with Gasteiger partial charge in [0, 0.05) is 122 Å². The van der Waals surface area contributed by atoms with Crippen LogP contribution < -0.4 is 14.7 Å². The molecule has 602 valence electrons. The van der Waals surface area contributed by atoms with Crippen molar-refractivity contribution in [2.45, 2.75) is 155 Å². The Morgan fingerprint density at radius 1 is 0.434 bits per heavy atom. The Bertz CT molecular complexity index is 4650. The second-order valence-corrected chi connectivity index (χ2v) is 28.1. The van der Waals surface area contributed by atoms with Crippen molar-refractivity contribution in [2.24, 2.45) is 0 Å². The number of carbonyl (C=O) groups is 1. The minimum absolute atomic E-state index is 0.170. The summed E-state index contributed by atoms with van der Waals surface area (Å²) in [4.78, 5) is 40.4. The number of aromatic nitrogens is 6. The number of fused-ring (bicyclic) bond motifs is 2. The number of carboxylic acid groups (broad SMARTS) is 1. The van der Waals surface area contributed by atoms with Crippen LogP contribution in [0.25, 0.3) is 33.1 Å². The lowest BCUT2D eigenvalue weighted by Gasteiger charge is -2.28. The molecule has 9 heterocycles. The van der Waals surface area contributed by atoms with Crippen molar-refractivity contribution in [3.05, 3.63) is 302 Å². The van der Waals surface area contributed by atoms with Gasteiger partial charge < -0.3 is 39.2 Å². The maximum absolute atomic E-state index is 12.8. The predicted molar refractivity (Wildman–Crippen MR) is 453 cm³/mol. The average Bonchev–Trinajstić information content (AvgIpc) is 1.72. The maximum Gasteiger partial charge on any atom is 0.303 e. The third-order valence-electron chi connectivity index (χ3n) is 18.8. The second kappa shape index (κ2) is 49.0. The first-order valence-corrected chi connectivity index (χ1v) is 39.1. The van der Waals surface area contributed by atoms with Gasteiger partial charge in [-0.15, -0.1) is 0 Å². The number of aliphatic carboxylic acids is 1. The molecule has 113 heavy (non-hydrogen) atoms. The van der Waals surface area contributed by atoms with Gasteiger partial charge in [0.05, 0.1) is 32.1 Å². The van der Waals surface area contributed by atoms with Gasteiger partial charge in [-0.2, -0.15) is 0 Å². The van der Waals surface area contributed by atoms with Crippen LogP contribution in [-0.2, 0) is 33.5 Å². The van der Waals surface area contributed by atoms with Crippen LogP contribution in [0.1, 0.15) is 139 Å². The van der Waals surface area contributed by atoms with Crippen LogP contribution in [0, 0.1) is 104 Å². The summed E-state index contributed by atoms with van der Waals surface area (Å²) in [5.41, 5.74) is 19.4. The highest BCUT2D eigenvalue weighted by molar-refractivity contribution is 5.83. The van der Waals surface area contributed by atoms with E-state index in [2.05, 4.69) is 180 Å². The van der Waals surface area contributed by atoms with E-state index >= 15 is 0 Å². The molecule has 0 saturated carbocycles. The monoisotopic (exact) mass is 1550 g/mol. The lowest BCUT2D eigenvalue weighted by Crippen LogP contribution is -2.36. The molecule has 19 heteroatoms. The van der Waals surface area contributed by atoms with Gasteiger partial charge >= 0.3 is 5.97 Å². The molecule has 0 unspecified atom stereocenters. The molecule has 0 radical (unpaired) electrons. The number of carboxylic acids is 1. The molecule has 6 aromatic carbocycles. The van der Waals surface area contributed by atoms with Crippen LogP contribution in [0.3, 0.4) is 0 Å². The molecule has 15 rings (SSSR count). The standard InChI is InChI=1S/C13H13N.C11H16N2O.C11H16N2.C10H10FN.C10H14N2O.C9H8FN.C9H12.2C8H8F2.C5H10O2/c1-10-4-3-5-12(8-10)13-9-11(2)6-7-14-13;1-9-7-10(2)12-11(8-9)13-3-5-14-6-4-13;1-10-5-6-12-11(9-10)13-7-3-2-4-8-13;1-2-7-6-12-10-4-3-8(11)5-9(7)10;1-9-2-3-11-10(8-9)12-4-6-13-7-5-12;1-6-5-11-9-3-2-7(10)4-8(6)9;1-7-5-4-6-8(2)9(7)3;1-2-6-3-7(9)5-8(10)4-6;1-2-6-3-4-7(9)5-8(6)10;1-2-3-4-5(6)7/h3-9H,1-2H3;7-8H,3-6H2,1-2H3;5-6,9H,2-4,7-8H2,1H3;3-6,12H,2H2,1H3;2-3,8H,4-7H2,1H3;2-5,11H,1H3;4-6H,1-3H3;2*3-5H,2H2,1H3;2-4H2,1H3,(H,6,7). The molecule has 0 atom stereocenters. The van der Waals surface area contributed by atoms with E-state index < -0.39 is 29.2 Å². The lowest BCUT2D eigenvalue weighted by atomic mass is 10.1. The number of unbranched alkanes of at least 4 members (excludes halogenated alkanes) is 1. The zero-order valence-electron chi connectivity index (χ0n) is 68.5. The van der Waals surface area contributed by atoms with Crippen molar-refractivity contribution in [1.82, 2.24) is 29.9 Å². The minimum Gasteiger partial charge on any atom is -0.481 e. The fourth-order valence-electron chi connectivity index (χ4n) is 12.1. The number of aromatic amines is 2. The summed E-state index contributed by atoms with van der Waals surface area (Å²) >= 11 is 0. The number of nitrogens with one attached hydrogen (secondary N) is 2. The molecule has 3 fully saturated rings. The molecule has 0 spiro atoms. The van der Waals surface area contributed by atoms with Gasteiger partial charge in [0.25, 0.3) is 0 Å². The van der Waals surface area contributed by atoms with Crippen LogP contribution >= 0.6 is 0 Å². The molecule has 3 saturated heterocycles.